The van der Waals surface area contributed by atoms with Gasteiger partial charge in [0, 0.05) is 0 Å². The minimum Gasteiger partial charge on any atom is -0.478 e. The Labute approximate surface area is 167 Å². The molecule has 29 heavy (non-hydrogen) atoms. The van der Waals surface area contributed by atoms with E-state index in [4.69, 9.17) is 4.74 Å². The lowest BCUT2D eigenvalue weighted by atomic mass is 9.89. The van der Waals surface area contributed by atoms with E-state index in [0.717, 1.165) is 17.7 Å². The highest BCUT2D eigenvalue weighted by atomic mass is 16.6. The number of carboxylic acids is 1. The summed E-state index contributed by atoms with van der Waals surface area (Å²) in [6.45, 7) is 4.73. The van der Waals surface area contributed by atoms with Gasteiger partial charge in [0.1, 0.15) is 6.61 Å². The minimum atomic E-state index is -1.12. The van der Waals surface area contributed by atoms with Crippen molar-refractivity contribution in [3.63, 3.8) is 0 Å². The molecule has 7 heteroatoms. The lowest BCUT2D eigenvalue weighted by molar-refractivity contribution is -0.120. The third-order valence-corrected chi connectivity index (χ3v) is 6.39. The smallest absolute Gasteiger partial charge is 0.414 e. The second kappa shape index (κ2) is 5.59. The summed E-state index contributed by atoms with van der Waals surface area (Å²) in [7, 11) is 0. The number of amides is 2. The van der Waals surface area contributed by atoms with Gasteiger partial charge in [0.2, 0.25) is 5.91 Å². The third-order valence-electron chi connectivity index (χ3n) is 6.39. The molecule has 2 fully saturated rings. The number of carboxylic acid groups (broad SMARTS) is 1. The standard InChI is InChI=1S/C22H20N2O5/c1-21(2)12-22(21)16-5-3-4-6-17(16)24(19(22)27)15-10-13(18(25)26)9-14(11-15)23-7-8-29-20(23)28/h3-6,9-11H,7-8,12H2,1-2H3,(H,25,26). The summed E-state index contributed by atoms with van der Waals surface area (Å²) in [5, 5.41) is 9.61. The second-order valence-electron chi connectivity index (χ2n) is 8.43. The molecule has 0 radical (unpaired) electrons. The van der Waals surface area contributed by atoms with Crippen molar-refractivity contribution in [2.24, 2.45) is 5.41 Å². The van der Waals surface area contributed by atoms with E-state index in [9.17, 15) is 19.5 Å². The summed E-state index contributed by atoms with van der Waals surface area (Å²) in [6.07, 6.45) is 0.224. The normalized spacial score (nSPS) is 24.1. The third kappa shape index (κ3) is 2.27. The lowest BCUT2D eigenvalue weighted by Gasteiger charge is -2.22. The van der Waals surface area contributed by atoms with Gasteiger partial charge in [-0.25, -0.2) is 9.59 Å². The van der Waals surface area contributed by atoms with E-state index in [1.54, 1.807) is 11.0 Å². The summed E-state index contributed by atoms with van der Waals surface area (Å²) in [5.41, 5.74) is 1.84. The average molecular weight is 392 g/mol. The van der Waals surface area contributed by atoms with Gasteiger partial charge in [-0.05, 0) is 41.7 Å². The monoisotopic (exact) mass is 392 g/mol. The van der Waals surface area contributed by atoms with E-state index >= 15 is 0 Å². The number of fused-ring (bicyclic) bond motifs is 2. The zero-order valence-electron chi connectivity index (χ0n) is 16.1. The van der Waals surface area contributed by atoms with Crippen molar-refractivity contribution >= 4 is 35.0 Å². The van der Waals surface area contributed by atoms with Gasteiger partial charge in [0.05, 0.1) is 34.6 Å². The van der Waals surface area contributed by atoms with Crippen LogP contribution in [0.1, 0.15) is 36.2 Å². The van der Waals surface area contributed by atoms with Crippen molar-refractivity contribution in [2.45, 2.75) is 25.7 Å². The maximum atomic E-state index is 13.6. The number of ether oxygens (including phenoxy) is 1. The highest BCUT2D eigenvalue weighted by Gasteiger charge is 2.72. The molecule has 2 aromatic carbocycles. The predicted molar refractivity (Wildman–Crippen MR) is 106 cm³/mol. The number of nitrogens with zero attached hydrogens (tertiary/aromatic N) is 2. The first-order chi connectivity index (χ1) is 13.8. The summed E-state index contributed by atoms with van der Waals surface area (Å²) in [4.78, 5) is 40.4. The summed E-state index contributed by atoms with van der Waals surface area (Å²) in [6, 6.07) is 12.2. The molecule has 2 amide bonds. The van der Waals surface area contributed by atoms with E-state index in [2.05, 4.69) is 13.8 Å². The molecule has 7 nitrogen and oxygen atoms in total. The van der Waals surface area contributed by atoms with Crippen LogP contribution in [0.25, 0.3) is 0 Å². The van der Waals surface area contributed by atoms with Gasteiger partial charge in [-0.3, -0.25) is 14.6 Å². The summed E-state index contributed by atoms with van der Waals surface area (Å²) >= 11 is 0. The number of rotatable bonds is 3. The number of hydrogen-bond acceptors (Lipinski definition) is 4. The second-order valence-corrected chi connectivity index (χ2v) is 8.43. The van der Waals surface area contributed by atoms with E-state index < -0.39 is 17.5 Å². The molecule has 1 saturated carbocycles. The van der Waals surface area contributed by atoms with E-state index in [-0.39, 0.29) is 23.5 Å². The van der Waals surface area contributed by atoms with Crippen molar-refractivity contribution in [1.82, 2.24) is 0 Å². The number of hydrogen-bond donors (Lipinski definition) is 1. The maximum absolute atomic E-state index is 13.6. The Balaban J connectivity index is 1.68. The molecule has 148 valence electrons. The van der Waals surface area contributed by atoms with Gasteiger partial charge in [0.25, 0.3) is 0 Å². The van der Waals surface area contributed by atoms with Crippen LogP contribution in [-0.2, 0) is 14.9 Å². The Kier molecular flexibility index (Phi) is 3.42. The molecule has 2 heterocycles. The molecule has 1 aliphatic carbocycles. The molecule has 1 atom stereocenters. The summed E-state index contributed by atoms with van der Waals surface area (Å²) in [5.74, 6) is -1.18. The summed E-state index contributed by atoms with van der Waals surface area (Å²) < 4.78 is 4.99. The Hall–Kier alpha value is -3.35. The Morgan fingerprint density at radius 3 is 2.41 bits per heavy atom. The minimum absolute atomic E-state index is 0.0125. The van der Waals surface area contributed by atoms with Gasteiger partial charge in [-0.1, -0.05) is 32.0 Å². The Morgan fingerprint density at radius 1 is 1.10 bits per heavy atom. The fourth-order valence-corrected chi connectivity index (χ4v) is 4.78. The quantitative estimate of drug-likeness (QED) is 0.861. The van der Waals surface area contributed by atoms with Crippen LogP contribution in [0.5, 0.6) is 0 Å². The molecule has 1 spiro atoms. The van der Waals surface area contributed by atoms with Gasteiger partial charge < -0.3 is 9.84 Å². The molecule has 2 aliphatic heterocycles. The van der Waals surface area contributed by atoms with E-state index in [1.165, 1.54) is 17.0 Å². The van der Waals surface area contributed by atoms with Crippen LogP contribution in [0.2, 0.25) is 0 Å². The van der Waals surface area contributed by atoms with Gasteiger partial charge in [-0.15, -0.1) is 0 Å². The molecule has 1 unspecified atom stereocenters. The van der Waals surface area contributed by atoms with Crippen LogP contribution >= 0.6 is 0 Å². The average Bonchev–Trinajstić information content (AvgIpc) is 2.95. The first-order valence-electron chi connectivity index (χ1n) is 9.53. The number of carbonyl (C=O) groups excluding carboxylic acids is 2. The highest BCUT2D eigenvalue weighted by molar-refractivity contribution is 6.16. The Bertz CT molecular complexity index is 1090. The molecule has 3 aliphatic rings. The molecule has 0 aromatic heterocycles. The van der Waals surface area contributed by atoms with Crippen molar-refractivity contribution in [3.05, 3.63) is 53.6 Å². The van der Waals surface area contributed by atoms with E-state index in [0.29, 0.717) is 17.9 Å². The predicted octanol–water partition coefficient (Wildman–Crippen LogP) is 3.69. The van der Waals surface area contributed by atoms with Gasteiger partial charge in [0.15, 0.2) is 0 Å². The van der Waals surface area contributed by atoms with Gasteiger partial charge >= 0.3 is 12.1 Å². The molecule has 1 N–H and O–H groups in total. The highest BCUT2D eigenvalue weighted by Crippen LogP contribution is 2.70. The number of anilines is 3. The van der Waals surface area contributed by atoms with Crippen LogP contribution in [0, 0.1) is 5.41 Å². The first kappa shape index (κ1) is 17.7. The van der Waals surface area contributed by atoms with Crippen molar-refractivity contribution in [2.75, 3.05) is 23.0 Å². The number of para-hydroxylation sites is 1. The zero-order valence-corrected chi connectivity index (χ0v) is 16.1. The van der Waals surface area contributed by atoms with Crippen LogP contribution in [-0.4, -0.2) is 36.2 Å². The zero-order chi connectivity index (χ0) is 20.6. The number of cyclic esters (lactones) is 1. The fourth-order valence-electron chi connectivity index (χ4n) is 4.78. The topological polar surface area (TPSA) is 87.2 Å². The number of carbonyl (C=O) groups is 3. The molecule has 2 aromatic rings. The number of benzene rings is 2. The molecular formula is C22H20N2O5. The fraction of sp³-hybridized carbons (Fsp3) is 0.318. The van der Waals surface area contributed by atoms with Crippen molar-refractivity contribution in [1.29, 1.82) is 0 Å². The first-order valence-corrected chi connectivity index (χ1v) is 9.53. The largest absolute Gasteiger partial charge is 0.478 e. The van der Waals surface area contributed by atoms with Gasteiger partial charge in [-0.2, -0.15) is 0 Å². The molecular weight excluding hydrogens is 372 g/mol. The SMILES string of the molecule is CC1(C)CC12C(=O)N(c1cc(C(=O)O)cc(N3CCOC3=O)c1)c1ccccc12. The molecule has 1 saturated heterocycles. The maximum Gasteiger partial charge on any atom is 0.414 e. The van der Waals surface area contributed by atoms with Crippen LogP contribution in [0.3, 0.4) is 0 Å². The molecule has 0 bridgehead atoms. The Morgan fingerprint density at radius 2 is 1.79 bits per heavy atom. The number of aromatic carboxylic acids is 1. The van der Waals surface area contributed by atoms with Crippen molar-refractivity contribution in [3.8, 4) is 0 Å². The van der Waals surface area contributed by atoms with Crippen LogP contribution in [0.15, 0.2) is 42.5 Å². The lowest BCUT2D eigenvalue weighted by Crippen LogP contribution is -2.31. The molecule has 5 rings (SSSR count). The van der Waals surface area contributed by atoms with Crippen molar-refractivity contribution < 1.29 is 24.2 Å². The van der Waals surface area contributed by atoms with Crippen LogP contribution < -0.4 is 9.80 Å². The van der Waals surface area contributed by atoms with E-state index in [1.807, 2.05) is 24.3 Å². The van der Waals surface area contributed by atoms with Crippen LogP contribution in [0.4, 0.5) is 21.9 Å².